The third-order valence-electron chi connectivity index (χ3n) is 23.5. The summed E-state index contributed by atoms with van der Waals surface area (Å²) in [6.07, 6.45) is 15.1. The predicted octanol–water partition coefficient (Wildman–Crippen LogP) is 20.4. The van der Waals surface area contributed by atoms with Gasteiger partial charge in [-0.3, -0.25) is 33.9 Å². The monoisotopic (exact) mass is 1950 g/mol. The minimum atomic E-state index is -0.632. The maximum Gasteiger partial charge on any atom is 0.316 e. The molecule has 10 heterocycles. The number of aromatic nitrogens is 11. The van der Waals surface area contributed by atoms with Crippen LogP contribution in [0.1, 0.15) is 125 Å². The van der Waals surface area contributed by atoms with E-state index in [-0.39, 0.29) is 64.2 Å². The number of nitrogens with two attached hydrogens (primary N) is 5. The van der Waals surface area contributed by atoms with E-state index in [9.17, 15) is 51.0 Å². The Kier molecular flexibility index (Phi) is 30.8. The van der Waals surface area contributed by atoms with Crippen LogP contribution >= 0.6 is 11.6 Å². The fourth-order valence-electron chi connectivity index (χ4n) is 16.3. The van der Waals surface area contributed by atoms with Crippen molar-refractivity contribution in [1.82, 2.24) is 54.8 Å². The molecule has 145 heavy (non-hydrogen) atoms. The first kappa shape index (κ1) is 99.3. The van der Waals surface area contributed by atoms with Gasteiger partial charge in [0.1, 0.15) is 74.3 Å². The molecule has 25 nitrogen and oxygen atoms in total. The van der Waals surface area contributed by atoms with Crippen molar-refractivity contribution in [2.75, 3.05) is 14.2 Å². The smallest absolute Gasteiger partial charge is 0.316 e. The highest BCUT2D eigenvalue weighted by Crippen LogP contribution is 2.38. The maximum atomic E-state index is 13.4. The average Bonchev–Trinajstić information content (AvgIpc) is 0.787. The number of benzene rings is 10. The van der Waals surface area contributed by atoms with E-state index in [0.717, 1.165) is 138 Å². The SMILES string of the molecule is COc1ncc(Cc2ccc3c(-c4ccc(F)cc4)cc(C(N)=O)nc3c2)cn1.COc1nccc(Cc2ccc3c(-c4ccc(F)cc4)cc(C(N)=O)nc3c2)c1Cl.Cc1ccncc1Cc1ccc2c(-c3ccc(F)cc3)cc(C(N)=O)nc2c1.N#Cc1ccc(Cc2ccc3c(-c4ccc(F)cc4)cc(C(N)=O)nc3c2)cn1.NC(=O)c1cc(-c2ccc(F)cc2)c2ccc(Cc3ccnc(CO)c3)cc2n1. The first-order chi connectivity index (χ1) is 70.1. The van der Waals surface area contributed by atoms with Gasteiger partial charge < -0.3 is 43.2 Å². The number of halogens is 6. The molecular formula is C114H85ClF5N17O8. The summed E-state index contributed by atoms with van der Waals surface area (Å²) in [6, 6.07) is 81.2. The number of hydrogen-bond acceptors (Lipinski definition) is 20. The molecule has 0 unspecified atom stereocenters. The number of primary amides is 5. The van der Waals surface area contributed by atoms with Gasteiger partial charge in [0.25, 0.3) is 29.5 Å². The van der Waals surface area contributed by atoms with E-state index >= 15 is 0 Å². The van der Waals surface area contributed by atoms with Crippen molar-refractivity contribution < 1.29 is 60.5 Å². The van der Waals surface area contributed by atoms with Gasteiger partial charge in [0.05, 0.1) is 54.1 Å². The molecule has 0 bridgehead atoms. The van der Waals surface area contributed by atoms with Gasteiger partial charge in [0.2, 0.25) is 5.88 Å². The molecular weight excluding hydrogens is 1870 g/mol. The van der Waals surface area contributed by atoms with Crippen molar-refractivity contribution >= 4 is 95.7 Å². The normalized spacial score (nSPS) is 10.8. The van der Waals surface area contributed by atoms with Gasteiger partial charge in [-0.1, -0.05) is 139 Å². The Labute approximate surface area is 831 Å². The summed E-state index contributed by atoms with van der Waals surface area (Å²) in [7, 11) is 3.03. The zero-order chi connectivity index (χ0) is 102. The number of carbonyl (C=O) groups excluding carboxylic acids is 5. The molecule has 716 valence electrons. The first-order valence-electron chi connectivity index (χ1n) is 44.9. The molecule has 0 aliphatic carbocycles. The molecule has 0 aliphatic heterocycles. The van der Waals surface area contributed by atoms with E-state index in [1.165, 1.54) is 80.4 Å². The zero-order valence-electron chi connectivity index (χ0n) is 77.7. The quantitative estimate of drug-likeness (QED) is 0.0324. The third-order valence-corrected chi connectivity index (χ3v) is 24.0. The second kappa shape index (κ2) is 45.0. The maximum absolute atomic E-state index is 13.4. The minimum Gasteiger partial charge on any atom is -0.480 e. The molecule has 20 aromatic rings. The number of pyridine rings is 9. The lowest BCUT2D eigenvalue weighted by molar-refractivity contribution is 0.0987. The number of methoxy groups -OCH3 is 2. The molecule has 5 amide bonds. The first-order valence-corrected chi connectivity index (χ1v) is 45.2. The molecule has 0 saturated heterocycles. The van der Waals surface area contributed by atoms with Crippen LogP contribution in [0.2, 0.25) is 5.02 Å². The van der Waals surface area contributed by atoms with Crippen LogP contribution in [0.4, 0.5) is 22.0 Å². The Morgan fingerprint density at radius 1 is 0.331 bits per heavy atom. The lowest BCUT2D eigenvalue weighted by atomic mass is 9.96. The van der Waals surface area contributed by atoms with Gasteiger partial charge in [-0.05, 0) is 301 Å². The Hall–Kier alpha value is -18.7. The second-order valence-corrected chi connectivity index (χ2v) is 33.8. The highest BCUT2D eigenvalue weighted by molar-refractivity contribution is 6.32. The van der Waals surface area contributed by atoms with Crippen LogP contribution in [-0.2, 0) is 38.7 Å². The minimum absolute atomic E-state index is 0.115. The summed E-state index contributed by atoms with van der Waals surface area (Å²) in [5, 5.41) is 22.8. The molecule has 10 aromatic carbocycles. The highest BCUT2D eigenvalue weighted by atomic mass is 35.5. The molecule has 0 fully saturated rings. The molecule has 11 N–H and O–H groups in total. The Bertz CT molecular complexity index is 8370. The van der Waals surface area contributed by atoms with Crippen molar-refractivity contribution in [2.45, 2.75) is 45.6 Å². The topological polar surface area (TPSA) is 420 Å². The number of amides is 5. The Balaban J connectivity index is 0.000000130. The standard InChI is InChI=1S/C23H17ClFN3O2.C23H15FN4O.C23H18FN3O2.C23H18FN3O.C22H17FN4O2/c1-30-23-21(24)15(8-9-27-23)10-13-2-7-17-18(14-3-5-16(25)6-4-14)12-20(22(26)29)28-19(17)11-13;24-17-5-3-16(4-6-17)20-11-22(23(26)29)28-21-10-14(2-8-19(20)21)9-15-1-7-18(12-25)27-13-15;24-17-4-2-16(3-5-17)20-12-22(23(25)29)27-21-11-14(1-6-19(20)21)9-15-7-8-26-18(10-15)13-28;1-14-8-9-26-13-17(14)10-15-2-7-19-20(16-3-5-18(24)6-4-16)12-22(23(25)28)27-21(19)11-15;1-29-22-25-11-14(12-26-22)8-13-2-7-17-18(15-3-5-16(23)6-4-15)10-20(21(24)28)27-19(17)9-13/h2-9,11-12H,10H2,1H3,(H2,26,29);1-8,10-11,13H,9H2,(H2,26,29);1-8,10-12,28H,9,13H2,(H2,25,29);2-9,11-13H,10H2,1H3,(H2,25,28);2-7,9-12H,8H2,1H3,(H2,24,28). The van der Waals surface area contributed by atoms with Crippen molar-refractivity contribution in [1.29, 1.82) is 5.26 Å². The van der Waals surface area contributed by atoms with Crippen LogP contribution in [0.15, 0.2) is 322 Å². The lowest BCUT2D eigenvalue weighted by Crippen LogP contribution is -2.13. The van der Waals surface area contributed by atoms with E-state index in [1.54, 1.807) is 134 Å². The predicted molar refractivity (Wildman–Crippen MR) is 545 cm³/mol. The van der Waals surface area contributed by atoms with Gasteiger partial charge in [0.15, 0.2) is 0 Å². The van der Waals surface area contributed by atoms with Crippen molar-refractivity contribution in [3.8, 4) is 73.6 Å². The van der Waals surface area contributed by atoms with Crippen LogP contribution in [0.3, 0.4) is 0 Å². The number of aliphatic hydroxyl groups is 1. The lowest BCUT2D eigenvalue weighted by Gasteiger charge is -2.11. The van der Waals surface area contributed by atoms with Gasteiger partial charge in [-0.15, -0.1) is 0 Å². The van der Waals surface area contributed by atoms with E-state index < -0.39 is 29.5 Å². The van der Waals surface area contributed by atoms with Crippen LogP contribution in [0, 0.1) is 47.3 Å². The number of ether oxygens (including phenoxy) is 2. The Morgan fingerprint density at radius 3 is 0.952 bits per heavy atom. The largest absolute Gasteiger partial charge is 0.480 e. The van der Waals surface area contributed by atoms with Gasteiger partial charge in [-0.25, -0.2) is 66.8 Å². The van der Waals surface area contributed by atoms with E-state index in [0.29, 0.717) is 88.0 Å². The number of fused-ring (bicyclic) bond motifs is 5. The summed E-state index contributed by atoms with van der Waals surface area (Å²) >= 11 is 6.37. The van der Waals surface area contributed by atoms with E-state index in [4.69, 9.17) is 55.0 Å². The van der Waals surface area contributed by atoms with E-state index in [2.05, 4.69) is 54.8 Å². The second-order valence-electron chi connectivity index (χ2n) is 33.4. The molecule has 0 aliphatic rings. The number of aliphatic hydroxyl groups excluding tert-OH is 1. The van der Waals surface area contributed by atoms with Crippen LogP contribution in [0.25, 0.3) is 110 Å². The van der Waals surface area contributed by atoms with Gasteiger partial charge in [-0.2, -0.15) is 5.26 Å². The number of hydrogen-bond donors (Lipinski definition) is 6. The number of rotatable bonds is 23. The van der Waals surface area contributed by atoms with Crippen LogP contribution in [0.5, 0.6) is 11.9 Å². The number of nitrogens with zero attached hydrogens (tertiary/aromatic N) is 12. The summed E-state index contributed by atoms with van der Waals surface area (Å²) in [6.45, 7) is 1.93. The van der Waals surface area contributed by atoms with E-state index in [1.807, 2.05) is 141 Å². The van der Waals surface area contributed by atoms with Crippen LogP contribution in [-0.4, -0.2) is 104 Å². The molecule has 0 atom stereocenters. The molecule has 0 radical (unpaired) electrons. The zero-order valence-corrected chi connectivity index (χ0v) is 78.4. The molecule has 31 heteroatoms. The van der Waals surface area contributed by atoms with Gasteiger partial charge >= 0.3 is 6.01 Å². The summed E-state index contributed by atoms with van der Waals surface area (Å²) in [5.41, 5.74) is 51.0. The van der Waals surface area contributed by atoms with Crippen molar-refractivity contribution in [2.24, 2.45) is 28.7 Å². The number of nitriles is 1. The fourth-order valence-corrected chi connectivity index (χ4v) is 16.6. The Morgan fingerprint density at radius 2 is 0.641 bits per heavy atom. The van der Waals surface area contributed by atoms with Crippen molar-refractivity contribution in [3.05, 3.63) is 458 Å². The van der Waals surface area contributed by atoms with Crippen molar-refractivity contribution in [3.63, 3.8) is 0 Å². The summed E-state index contributed by atoms with van der Waals surface area (Å²) in [5.74, 6) is -4.38. The molecule has 10 aromatic heterocycles. The summed E-state index contributed by atoms with van der Waals surface area (Å²) in [4.78, 5) is 106. The number of carbonyl (C=O) groups is 5. The summed E-state index contributed by atoms with van der Waals surface area (Å²) < 4.78 is 76.8. The average molecular weight is 1950 g/mol. The number of aryl methyl sites for hydroxylation is 1. The van der Waals surface area contributed by atoms with Gasteiger partial charge in [0, 0.05) is 76.7 Å². The fraction of sp³-hybridized carbons (Fsp3) is 0.0789. The van der Waals surface area contributed by atoms with Crippen LogP contribution < -0.4 is 38.1 Å². The third kappa shape index (κ3) is 24.4. The highest BCUT2D eigenvalue weighted by Gasteiger charge is 2.22. The molecule has 0 spiro atoms. The molecule has 20 rings (SSSR count). The molecule has 0 saturated carbocycles.